The van der Waals surface area contributed by atoms with Crippen molar-refractivity contribution in [3.8, 4) is 40.2 Å². The van der Waals surface area contributed by atoms with Crippen molar-refractivity contribution < 1.29 is 38.1 Å². The molecule has 0 unspecified atom stereocenters. The van der Waals surface area contributed by atoms with Crippen LogP contribution in [0.15, 0.2) is 104 Å². The summed E-state index contributed by atoms with van der Waals surface area (Å²) in [6, 6.07) is 27.3. The molecule has 0 aromatic heterocycles. The van der Waals surface area contributed by atoms with E-state index in [4.69, 9.17) is 28.9 Å². The highest BCUT2D eigenvalue weighted by atomic mass is 16.6. The van der Waals surface area contributed by atoms with Crippen LogP contribution in [0.3, 0.4) is 0 Å². The number of hydrogen-bond acceptors (Lipinski definition) is 9. The highest BCUT2D eigenvalue weighted by Gasteiger charge is 2.17. The van der Waals surface area contributed by atoms with Crippen LogP contribution in [0.1, 0.15) is 52.0 Å². The van der Waals surface area contributed by atoms with Crippen molar-refractivity contribution in [2.75, 3.05) is 20.3 Å². The average molecular weight is 620 g/mol. The van der Waals surface area contributed by atoms with E-state index in [0.29, 0.717) is 35.8 Å². The number of rotatable bonds is 15. The van der Waals surface area contributed by atoms with E-state index in [-0.39, 0.29) is 17.1 Å². The molecule has 0 radical (unpaired) electrons. The largest absolute Gasteiger partial charge is 0.494 e. The molecule has 0 aliphatic rings. The SMILES string of the molecule is C=CC(=O)OCCCCCCOc1ccc(C(=O)Oc2ccc(C(=O)Oc3ccc(-c4ccc(C#N)cc4)cc3)cc2OC)cc1. The summed E-state index contributed by atoms with van der Waals surface area (Å²) >= 11 is 0. The van der Waals surface area contributed by atoms with Gasteiger partial charge in [-0.25, -0.2) is 14.4 Å². The quantitative estimate of drug-likeness (QED) is 0.0582. The summed E-state index contributed by atoms with van der Waals surface area (Å²) in [7, 11) is 1.41. The Labute approximate surface area is 267 Å². The minimum absolute atomic E-state index is 0.149. The normalized spacial score (nSPS) is 10.3. The maximum absolute atomic E-state index is 12.8. The number of esters is 3. The van der Waals surface area contributed by atoms with E-state index >= 15 is 0 Å². The number of carbonyl (C=O) groups excluding carboxylic acids is 3. The third kappa shape index (κ3) is 9.56. The molecule has 234 valence electrons. The molecule has 0 bridgehead atoms. The van der Waals surface area contributed by atoms with E-state index < -0.39 is 17.9 Å². The highest BCUT2D eigenvalue weighted by molar-refractivity contribution is 5.93. The lowest BCUT2D eigenvalue weighted by atomic mass is 10.0. The van der Waals surface area contributed by atoms with E-state index in [1.807, 2.05) is 24.3 Å². The Morgan fingerprint density at radius 3 is 1.91 bits per heavy atom. The summed E-state index contributed by atoms with van der Waals surface area (Å²) in [5.74, 6) is -0.291. The first-order valence-corrected chi connectivity index (χ1v) is 14.6. The lowest BCUT2D eigenvalue weighted by molar-refractivity contribution is -0.137. The number of hydrogen-bond donors (Lipinski definition) is 0. The molecule has 0 fully saturated rings. The molecule has 4 rings (SSSR count). The molecule has 0 N–H and O–H groups in total. The Balaban J connectivity index is 1.26. The molecule has 0 heterocycles. The van der Waals surface area contributed by atoms with Crippen LogP contribution in [0.5, 0.6) is 23.0 Å². The summed E-state index contributed by atoms with van der Waals surface area (Å²) < 4.78 is 27.1. The molecule has 46 heavy (non-hydrogen) atoms. The van der Waals surface area contributed by atoms with E-state index in [1.54, 1.807) is 48.5 Å². The zero-order valence-corrected chi connectivity index (χ0v) is 25.4. The van der Waals surface area contributed by atoms with Gasteiger partial charge in [0.25, 0.3) is 0 Å². The van der Waals surface area contributed by atoms with Gasteiger partial charge in [0.2, 0.25) is 0 Å². The molecule has 4 aromatic carbocycles. The van der Waals surface area contributed by atoms with Gasteiger partial charge in [0.1, 0.15) is 11.5 Å². The van der Waals surface area contributed by atoms with Crippen molar-refractivity contribution in [3.63, 3.8) is 0 Å². The van der Waals surface area contributed by atoms with Crippen LogP contribution >= 0.6 is 0 Å². The van der Waals surface area contributed by atoms with Crippen LogP contribution in [0.25, 0.3) is 11.1 Å². The average Bonchev–Trinajstić information content (AvgIpc) is 3.10. The first-order valence-electron chi connectivity index (χ1n) is 14.6. The van der Waals surface area contributed by atoms with Crippen LogP contribution in [-0.4, -0.2) is 38.2 Å². The van der Waals surface area contributed by atoms with Gasteiger partial charge in [-0.05, 0) is 104 Å². The van der Waals surface area contributed by atoms with Gasteiger partial charge in [-0.3, -0.25) is 0 Å². The molecule has 0 saturated heterocycles. The third-order valence-electron chi connectivity index (χ3n) is 6.82. The van der Waals surface area contributed by atoms with Gasteiger partial charge < -0.3 is 23.7 Å². The second-order valence-electron chi connectivity index (χ2n) is 10.0. The maximum atomic E-state index is 12.8. The van der Waals surface area contributed by atoms with Gasteiger partial charge in [-0.15, -0.1) is 0 Å². The Morgan fingerprint density at radius 1 is 0.696 bits per heavy atom. The predicted molar refractivity (Wildman–Crippen MR) is 171 cm³/mol. The summed E-state index contributed by atoms with van der Waals surface area (Å²) in [6.45, 7) is 4.26. The molecule has 0 saturated carbocycles. The van der Waals surface area contributed by atoms with E-state index in [2.05, 4.69) is 12.6 Å². The molecular formula is C37H33NO8. The van der Waals surface area contributed by atoms with Gasteiger partial charge in [0.05, 0.1) is 43.1 Å². The first-order chi connectivity index (χ1) is 22.4. The topological polar surface area (TPSA) is 121 Å². The van der Waals surface area contributed by atoms with Crippen LogP contribution in [0.4, 0.5) is 0 Å². The number of nitrogens with zero attached hydrogens (tertiary/aromatic N) is 1. The smallest absolute Gasteiger partial charge is 0.343 e. The summed E-state index contributed by atoms with van der Waals surface area (Å²) in [5, 5.41) is 8.98. The molecule has 0 amide bonds. The number of methoxy groups -OCH3 is 1. The highest BCUT2D eigenvalue weighted by Crippen LogP contribution is 2.30. The van der Waals surface area contributed by atoms with Gasteiger partial charge in [-0.1, -0.05) is 30.8 Å². The minimum Gasteiger partial charge on any atom is -0.494 e. The molecule has 0 atom stereocenters. The van der Waals surface area contributed by atoms with Gasteiger partial charge >= 0.3 is 17.9 Å². The minimum atomic E-state index is -0.605. The Kier molecular flexibility index (Phi) is 12.1. The monoisotopic (exact) mass is 619 g/mol. The first kappa shape index (κ1) is 33.0. The lowest BCUT2D eigenvalue weighted by Crippen LogP contribution is -2.11. The molecule has 4 aromatic rings. The Hall–Kier alpha value is -5.88. The molecule has 0 aliphatic carbocycles. The zero-order valence-electron chi connectivity index (χ0n) is 25.4. The fraction of sp³-hybridized carbons (Fsp3) is 0.189. The molecular weight excluding hydrogens is 586 g/mol. The van der Waals surface area contributed by atoms with Gasteiger partial charge in [0, 0.05) is 6.08 Å². The molecule has 0 spiro atoms. The lowest BCUT2D eigenvalue weighted by Gasteiger charge is -2.12. The van der Waals surface area contributed by atoms with E-state index in [0.717, 1.165) is 42.9 Å². The fourth-order valence-electron chi connectivity index (χ4n) is 4.32. The number of carbonyl (C=O) groups is 3. The number of nitriles is 1. The van der Waals surface area contributed by atoms with Crippen molar-refractivity contribution in [3.05, 3.63) is 120 Å². The summed E-state index contributed by atoms with van der Waals surface area (Å²) in [4.78, 5) is 36.6. The van der Waals surface area contributed by atoms with Crippen LogP contribution in [-0.2, 0) is 9.53 Å². The second kappa shape index (κ2) is 16.8. The van der Waals surface area contributed by atoms with Crippen molar-refractivity contribution in [2.24, 2.45) is 0 Å². The van der Waals surface area contributed by atoms with Crippen LogP contribution in [0.2, 0.25) is 0 Å². The van der Waals surface area contributed by atoms with Crippen molar-refractivity contribution >= 4 is 17.9 Å². The van der Waals surface area contributed by atoms with E-state index in [9.17, 15) is 14.4 Å². The predicted octanol–water partition coefficient (Wildman–Crippen LogP) is 7.34. The van der Waals surface area contributed by atoms with Gasteiger partial charge in [-0.2, -0.15) is 5.26 Å². The Morgan fingerprint density at radius 2 is 1.28 bits per heavy atom. The number of ether oxygens (including phenoxy) is 5. The Bertz CT molecular complexity index is 1690. The number of unbranched alkanes of at least 4 members (excludes halogenated alkanes) is 3. The molecule has 9 heteroatoms. The van der Waals surface area contributed by atoms with Crippen LogP contribution < -0.4 is 18.9 Å². The standard InChI is InChI=1S/C37H33NO8/c1-3-35(39)44-23-7-5-4-6-22-43-31-17-14-29(15-18-31)36(40)46-33-21-16-30(24-34(33)42-2)37(41)45-32-19-12-28(13-20-32)27-10-8-26(25-38)9-11-27/h3,8-21,24H,1,4-7,22-23H2,2H3. The summed E-state index contributed by atoms with van der Waals surface area (Å²) in [5.41, 5.74) is 2.95. The maximum Gasteiger partial charge on any atom is 0.343 e. The third-order valence-corrected chi connectivity index (χ3v) is 6.82. The fourth-order valence-corrected chi connectivity index (χ4v) is 4.32. The van der Waals surface area contributed by atoms with Crippen molar-refractivity contribution in [1.82, 2.24) is 0 Å². The molecule has 9 nitrogen and oxygen atoms in total. The van der Waals surface area contributed by atoms with Gasteiger partial charge in [0.15, 0.2) is 11.5 Å². The van der Waals surface area contributed by atoms with Crippen molar-refractivity contribution in [2.45, 2.75) is 25.7 Å². The van der Waals surface area contributed by atoms with Crippen LogP contribution in [0, 0.1) is 11.3 Å². The van der Waals surface area contributed by atoms with E-state index in [1.165, 1.54) is 25.3 Å². The molecule has 0 aliphatic heterocycles. The van der Waals surface area contributed by atoms with Crippen molar-refractivity contribution in [1.29, 1.82) is 5.26 Å². The summed E-state index contributed by atoms with van der Waals surface area (Å²) in [6.07, 6.45) is 4.62. The number of benzene rings is 4. The zero-order chi connectivity index (χ0) is 32.7. The second-order valence-corrected chi connectivity index (χ2v) is 10.0.